The van der Waals surface area contributed by atoms with Crippen molar-refractivity contribution in [3.05, 3.63) is 24.0 Å². The molecule has 2 aliphatic rings. The van der Waals surface area contributed by atoms with Crippen molar-refractivity contribution in [2.45, 2.75) is 51.5 Å². The topological polar surface area (TPSA) is 145 Å². The van der Waals surface area contributed by atoms with Crippen LogP contribution in [0.15, 0.2) is 24.0 Å². The molecule has 0 aromatic carbocycles. The molecule has 0 aromatic heterocycles. The standard InChI is InChI=1S/C18H24N2O8/c1-10-13(9-26-15(24)6-5-14(22)23)28-18(16(10)27-11(2)21)20-7-3-4-12(8-20)17(19)25/h3,7-8,10,13,16,18H,4-6,9H2,1-2H3,(H2,19,25)(H,22,23)/t10-,13-,16-,18-/m1/s1. The number of carboxylic acid groups (broad SMARTS) is 1. The van der Waals surface area contributed by atoms with Gasteiger partial charge in [-0.2, -0.15) is 0 Å². The highest BCUT2D eigenvalue weighted by atomic mass is 16.6. The van der Waals surface area contributed by atoms with Gasteiger partial charge in [0.2, 0.25) is 5.91 Å². The third-order valence-electron chi connectivity index (χ3n) is 4.48. The number of carbonyl (C=O) groups excluding carboxylic acids is 3. The molecule has 3 N–H and O–H groups in total. The Morgan fingerprint density at radius 1 is 1.32 bits per heavy atom. The first-order valence-electron chi connectivity index (χ1n) is 8.83. The molecular formula is C18H24N2O8. The summed E-state index contributed by atoms with van der Waals surface area (Å²) in [6.45, 7) is 2.95. The van der Waals surface area contributed by atoms with Crippen LogP contribution in [0.4, 0.5) is 0 Å². The van der Waals surface area contributed by atoms with Crippen LogP contribution in [0.2, 0.25) is 0 Å². The molecule has 2 aliphatic heterocycles. The average molecular weight is 396 g/mol. The molecule has 1 fully saturated rings. The zero-order chi connectivity index (χ0) is 20.8. The van der Waals surface area contributed by atoms with Gasteiger partial charge in [0.25, 0.3) is 0 Å². The molecule has 0 saturated carbocycles. The number of amides is 1. The summed E-state index contributed by atoms with van der Waals surface area (Å²) >= 11 is 0. The van der Waals surface area contributed by atoms with Crippen LogP contribution in [-0.4, -0.2) is 58.9 Å². The van der Waals surface area contributed by atoms with Gasteiger partial charge in [-0.1, -0.05) is 13.0 Å². The van der Waals surface area contributed by atoms with Crippen molar-refractivity contribution in [3.8, 4) is 0 Å². The summed E-state index contributed by atoms with van der Waals surface area (Å²) < 4.78 is 16.4. The summed E-state index contributed by atoms with van der Waals surface area (Å²) in [7, 11) is 0. The third kappa shape index (κ3) is 5.56. The molecule has 0 radical (unpaired) electrons. The lowest BCUT2D eigenvalue weighted by Gasteiger charge is -2.30. The number of aliphatic carboxylic acids is 1. The molecule has 0 aliphatic carbocycles. The highest BCUT2D eigenvalue weighted by Gasteiger charge is 2.47. The first kappa shape index (κ1) is 21.4. The fourth-order valence-corrected chi connectivity index (χ4v) is 3.00. The zero-order valence-corrected chi connectivity index (χ0v) is 15.7. The Balaban J connectivity index is 2.07. The lowest BCUT2D eigenvalue weighted by molar-refractivity contribution is -0.155. The van der Waals surface area contributed by atoms with E-state index in [0.29, 0.717) is 12.0 Å². The molecule has 10 heteroatoms. The Hall–Kier alpha value is -2.88. The van der Waals surface area contributed by atoms with Gasteiger partial charge in [0, 0.05) is 30.8 Å². The summed E-state index contributed by atoms with van der Waals surface area (Å²) in [5, 5.41) is 8.61. The van der Waals surface area contributed by atoms with Gasteiger partial charge in [-0.3, -0.25) is 19.2 Å². The minimum absolute atomic E-state index is 0.113. The van der Waals surface area contributed by atoms with Gasteiger partial charge in [-0.15, -0.1) is 0 Å². The lowest BCUT2D eigenvalue weighted by Crippen LogP contribution is -2.40. The molecule has 1 saturated heterocycles. The molecule has 0 bridgehead atoms. The van der Waals surface area contributed by atoms with Crippen LogP contribution in [0, 0.1) is 5.92 Å². The molecule has 2 rings (SSSR count). The molecular weight excluding hydrogens is 372 g/mol. The number of hydrogen-bond donors (Lipinski definition) is 2. The van der Waals surface area contributed by atoms with Gasteiger partial charge < -0.3 is 30.0 Å². The maximum atomic E-state index is 11.7. The predicted molar refractivity (Wildman–Crippen MR) is 94.1 cm³/mol. The predicted octanol–water partition coefficient (Wildman–Crippen LogP) is 0.276. The van der Waals surface area contributed by atoms with Crippen molar-refractivity contribution in [3.63, 3.8) is 0 Å². The van der Waals surface area contributed by atoms with Crippen LogP contribution in [0.1, 0.15) is 33.1 Å². The van der Waals surface area contributed by atoms with Crippen molar-refractivity contribution in [2.24, 2.45) is 11.7 Å². The highest BCUT2D eigenvalue weighted by Crippen LogP contribution is 2.33. The molecule has 2 heterocycles. The van der Waals surface area contributed by atoms with Crippen LogP contribution < -0.4 is 5.73 Å². The summed E-state index contributed by atoms with van der Waals surface area (Å²) in [6, 6.07) is 0. The van der Waals surface area contributed by atoms with Crippen LogP contribution in [0.3, 0.4) is 0 Å². The van der Waals surface area contributed by atoms with Gasteiger partial charge in [0.05, 0.1) is 12.8 Å². The van der Waals surface area contributed by atoms with Crippen molar-refractivity contribution in [1.29, 1.82) is 0 Å². The SMILES string of the molecule is CC(=O)O[C@@H]1[C@H](C)[C@@H](COC(=O)CCC(=O)O)O[C@H]1N1C=CCC(C(N)=O)=C1. The van der Waals surface area contributed by atoms with E-state index in [4.69, 9.17) is 25.1 Å². The van der Waals surface area contributed by atoms with E-state index in [-0.39, 0.29) is 25.4 Å². The second-order valence-corrected chi connectivity index (χ2v) is 6.63. The number of primary amides is 1. The largest absolute Gasteiger partial charge is 0.481 e. The van der Waals surface area contributed by atoms with Gasteiger partial charge in [-0.05, 0) is 6.42 Å². The Kier molecular flexibility index (Phi) is 7.16. The number of rotatable bonds is 8. The van der Waals surface area contributed by atoms with Gasteiger partial charge in [0.1, 0.15) is 12.7 Å². The number of hydrogen-bond acceptors (Lipinski definition) is 8. The molecule has 0 aromatic rings. The van der Waals surface area contributed by atoms with E-state index in [1.165, 1.54) is 13.1 Å². The van der Waals surface area contributed by atoms with E-state index < -0.39 is 42.3 Å². The maximum Gasteiger partial charge on any atom is 0.306 e. The quantitative estimate of drug-likeness (QED) is 0.552. The van der Waals surface area contributed by atoms with Crippen LogP contribution >= 0.6 is 0 Å². The second kappa shape index (κ2) is 9.36. The zero-order valence-electron chi connectivity index (χ0n) is 15.7. The maximum absolute atomic E-state index is 11.7. The first-order chi connectivity index (χ1) is 13.2. The monoisotopic (exact) mass is 396 g/mol. The highest BCUT2D eigenvalue weighted by molar-refractivity contribution is 5.92. The third-order valence-corrected chi connectivity index (χ3v) is 4.48. The molecule has 28 heavy (non-hydrogen) atoms. The van der Waals surface area contributed by atoms with E-state index >= 15 is 0 Å². The summed E-state index contributed by atoms with van der Waals surface area (Å²) in [5.74, 6) is -3.12. The van der Waals surface area contributed by atoms with E-state index in [0.717, 1.165) is 0 Å². The first-order valence-corrected chi connectivity index (χ1v) is 8.83. The van der Waals surface area contributed by atoms with E-state index in [9.17, 15) is 19.2 Å². The van der Waals surface area contributed by atoms with Gasteiger partial charge >= 0.3 is 17.9 Å². The second-order valence-electron chi connectivity index (χ2n) is 6.63. The summed E-state index contributed by atoms with van der Waals surface area (Å²) in [6.07, 6.45) is 2.81. The molecule has 10 nitrogen and oxygen atoms in total. The number of nitrogens with zero attached hydrogens (tertiary/aromatic N) is 1. The Morgan fingerprint density at radius 3 is 2.64 bits per heavy atom. The Morgan fingerprint density at radius 2 is 2.04 bits per heavy atom. The normalized spacial score (nSPS) is 26.5. The molecule has 154 valence electrons. The van der Waals surface area contributed by atoms with Crippen molar-refractivity contribution in [1.82, 2.24) is 4.90 Å². The van der Waals surface area contributed by atoms with Gasteiger partial charge in [-0.25, -0.2) is 0 Å². The van der Waals surface area contributed by atoms with Crippen LogP contribution in [0.25, 0.3) is 0 Å². The Labute approximate surface area is 161 Å². The average Bonchev–Trinajstić information content (AvgIpc) is 2.93. The minimum atomic E-state index is -1.09. The summed E-state index contributed by atoms with van der Waals surface area (Å²) in [4.78, 5) is 46.8. The minimum Gasteiger partial charge on any atom is -0.481 e. The van der Waals surface area contributed by atoms with E-state index in [1.807, 2.05) is 0 Å². The Bertz CT molecular complexity index is 702. The molecule has 0 spiro atoms. The smallest absolute Gasteiger partial charge is 0.306 e. The number of ether oxygens (including phenoxy) is 3. The molecule has 4 atom stereocenters. The molecule has 1 amide bonds. The van der Waals surface area contributed by atoms with Crippen molar-refractivity contribution >= 4 is 23.8 Å². The number of carbonyl (C=O) groups is 4. The van der Waals surface area contributed by atoms with Crippen LogP contribution in [-0.2, 0) is 33.4 Å². The van der Waals surface area contributed by atoms with E-state index in [1.54, 1.807) is 24.1 Å². The van der Waals surface area contributed by atoms with Crippen LogP contribution in [0.5, 0.6) is 0 Å². The fourth-order valence-electron chi connectivity index (χ4n) is 3.00. The number of nitrogens with two attached hydrogens (primary N) is 1. The molecule has 0 unspecified atom stereocenters. The van der Waals surface area contributed by atoms with Crippen molar-refractivity contribution in [2.75, 3.05) is 6.61 Å². The number of esters is 2. The number of carboxylic acids is 1. The van der Waals surface area contributed by atoms with Crippen molar-refractivity contribution < 1.29 is 38.5 Å². The lowest BCUT2D eigenvalue weighted by atomic mass is 10.00. The van der Waals surface area contributed by atoms with Gasteiger partial charge in [0.15, 0.2) is 12.3 Å². The summed E-state index contributed by atoms with van der Waals surface area (Å²) in [5.41, 5.74) is 5.71. The fraction of sp³-hybridized carbons (Fsp3) is 0.556. The van der Waals surface area contributed by atoms with E-state index in [2.05, 4.69) is 0 Å². The number of allylic oxidation sites excluding steroid dienone is 1.